The van der Waals surface area contributed by atoms with E-state index in [0.717, 1.165) is 17.8 Å². The van der Waals surface area contributed by atoms with Crippen LogP contribution >= 0.6 is 0 Å². The van der Waals surface area contributed by atoms with Gasteiger partial charge in [0.25, 0.3) is 5.69 Å². The standard InChI is InChI=1S/C14H17N3O4/c1-3-11-7-13(16(2)15-11)9-21-14-5-4-12(17(19)20)6-10(14)8-18/h4-7,18H,3,8-9H2,1-2H3. The first-order chi connectivity index (χ1) is 10.0. The molecule has 0 unspecified atom stereocenters. The molecule has 0 fully saturated rings. The van der Waals surface area contributed by atoms with E-state index in [0.29, 0.717) is 11.3 Å². The number of ether oxygens (including phenoxy) is 1. The molecule has 2 aromatic rings. The Bertz CT molecular complexity index is 652. The molecule has 1 aromatic heterocycles. The first-order valence-electron chi connectivity index (χ1n) is 6.58. The van der Waals surface area contributed by atoms with Crippen LogP contribution in [0.1, 0.15) is 23.9 Å². The summed E-state index contributed by atoms with van der Waals surface area (Å²) >= 11 is 0. The molecule has 21 heavy (non-hydrogen) atoms. The smallest absolute Gasteiger partial charge is 0.270 e. The van der Waals surface area contributed by atoms with Gasteiger partial charge in [0.15, 0.2) is 0 Å². The van der Waals surface area contributed by atoms with E-state index in [1.165, 1.54) is 18.2 Å². The lowest BCUT2D eigenvalue weighted by molar-refractivity contribution is -0.385. The zero-order chi connectivity index (χ0) is 15.4. The molecule has 0 aliphatic carbocycles. The lowest BCUT2D eigenvalue weighted by Crippen LogP contribution is -2.04. The fourth-order valence-electron chi connectivity index (χ4n) is 1.97. The number of non-ortho nitro benzene ring substituents is 1. The predicted octanol–water partition coefficient (Wildman–Crippen LogP) is 1.96. The molecule has 0 aliphatic heterocycles. The second kappa shape index (κ2) is 6.36. The Labute approximate surface area is 121 Å². The first-order valence-corrected chi connectivity index (χ1v) is 6.58. The van der Waals surface area contributed by atoms with Crippen LogP contribution in [0.25, 0.3) is 0 Å². The summed E-state index contributed by atoms with van der Waals surface area (Å²) in [7, 11) is 1.83. The molecule has 0 saturated carbocycles. The number of hydrogen-bond donors (Lipinski definition) is 1. The summed E-state index contributed by atoms with van der Waals surface area (Å²) in [6.07, 6.45) is 0.841. The molecule has 0 radical (unpaired) electrons. The SMILES string of the molecule is CCc1cc(COc2ccc([N+](=O)[O-])cc2CO)n(C)n1. The van der Waals surface area contributed by atoms with Gasteiger partial charge in [0.1, 0.15) is 12.4 Å². The number of nitro groups is 1. The van der Waals surface area contributed by atoms with E-state index in [4.69, 9.17) is 4.74 Å². The Morgan fingerprint density at radius 3 is 2.76 bits per heavy atom. The average molecular weight is 291 g/mol. The molecular formula is C14H17N3O4. The highest BCUT2D eigenvalue weighted by Gasteiger charge is 2.12. The molecule has 0 spiro atoms. The summed E-state index contributed by atoms with van der Waals surface area (Å²) in [5.41, 5.74) is 2.19. The minimum atomic E-state index is -0.502. The highest BCUT2D eigenvalue weighted by Crippen LogP contribution is 2.25. The summed E-state index contributed by atoms with van der Waals surface area (Å²) in [5.74, 6) is 0.433. The maximum atomic E-state index is 10.7. The minimum Gasteiger partial charge on any atom is -0.487 e. The van der Waals surface area contributed by atoms with Crippen molar-refractivity contribution in [2.45, 2.75) is 26.6 Å². The molecular weight excluding hydrogens is 274 g/mol. The maximum Gasteiger partial charge on any atom is 0.270 e. The Hall–Kier alpha value is -2.41. The second-order valence-corrected chi connectivity index (χ2v) is 4.60. The highest BCUT2D eigenvalue weighted by molar-refractivity contribution is 5.43. The summed E-state index contributed by atoms with van der Waals surface area (Å²) in [5, 5.41) is 24.3. The molecule has 1 aromatic carbocycles. The van der Waals surface area contributed by atoms with Crippen molar-refractivity contribution in [2.75, 3.05) is 0 Å². The molecule has 0 bridgehead atoms. The summed E-state index contributed by atoms with van der Waals surface area (Å²) < 4.78 is 7.38. The van der Waals surface area contributed by atoms with Crippen molar-refractivity contribution in [2.24, 2.45) is 7.05 Å². The van der Waals surface area contributed by atoms with Crippen LogP contribution in [0.5, 0.6) is 5.75 Å². The molecule has 112 valence electrons. The van der Waals surface area contributed by atoms with E-state index in [1.807, 2.05) is 20.0 Å². The van der Waals surface area contributed by atoms with Crippen LogP contribution in [-0.4, -0.2) is 19.8 Å². The monoisotopic (exact) mass is 291 g/mol. The van der Waals surface area contributed by atoms with Crippen molar-refractivity contribution in [3.8, 4) is 5.75 Å². The van der Waals surface area contributed by atoms with Crippen LogP contribution in [0.15, 0.2) is 24.3 Å². The van der Waals surface area contributed by atoms with E-state index in [1.54, 1.807) is 4.68 Å². The van der Waals surface area contributed by atoms with Gasteiger partial charge in [-0.25, -0.2) is 0 Å². The fourth-order valence-corrected chi connectivity index (χ4v) is 1.97. The Morgan fingerprint density at radius 2 is 2.19 bits per heavy atom. The topological polar surface area (TPSA) is 90.4 Å². The van der Waals surface area contributed by atoms with Crippen molar-refractivity contribution in [1.82, 2.24) is 9.78 Å². The van der Waals surface area contributed by atoms with E-state index in [9.17, 15) is 15.2 Å². The van der Waals surface area contributed by atoms with Gasteiger partial charge in [-0.3, -0.25) is 14.8 Å². The number of aryl methyl sites for hydroxylation is 2. The van der Waals surface area contributed by atoms with E-state index < -0.39 is 4.92 Å². The molecule has 7 heteroatoms. The van der Waals surface area contributed by atoms with Gasteiger partial charge in [-0.05, 0) is 18.6 Å². The number of nitrogens with zero attached hydrogens (tertiary/aromatic N) is 3. The third-order valence-electron chi connectivity index (χ3n) is 3.19. The van der Waals surface area contributed by atoms with Crippen LogP contribution in [0.3, 0.4) is 0 Å². The average Bonchev–Trinajstić information content (AvgIpc) is 2.85. The van der Waals surface area contributed by atoms with Crippen molar-refractivity contribution < 1.29 is 14.8 Å². The Kier molecular flexibility index (Phi) is 4.54. The number of aliphatic hydroxyl groups is 1. The van der Waals surface area contributed by atoms with Gasteiger partial charge >= 0.3 is 0 Å². The quantitative estimate of drug-likeness (QED) is 0.649. The third kappa shape index (κ3) is 3.38. The van der Waals surface area contributed by atoms with E-state index >= 15 is 0 Å². The summed E-state index contributed by atoms with van der Waals surface area (Å²) in [4.78, 5) is 10.2. The Balaban J connectivity index is 2.15. The van der Waals surface area contributed by atoms with Gasteiger partial charge in [0, 0.05) is 24.7 Å². The lowest BCUT2D eigenvalue weighted by atomic mass is 10.2. The van der Waals surface area contributed by atoms with Gasteiger partial charge in [0.2, 0.25) is 0 Å². The molecule has 0 saturated heterocycles. The normalized spacial score (nSPS) is 10.6. The lowest BCUT2D eigenvalue weighted by Gasteiger charge is -2.10. The zero-order valence-corrected chi connectivity index (χ0v) is 11.9. The largest absolute Gasteiger partial charge is 0.487 e. The summed E-state index contributed by atoms with van der Waals surface area (Å²) in [6, 6.07) is 6.12. The molecule has 1 heterocycles. The minimum absolute atomic E-state index is 0.0693. The van der Waals surface area contributed by atoms with Gasteiger partial charge in [-0.2, -0.15) is 5.10 Å². The predicted molar refractivity (Wildman–Crippen MR) is 75.9 cm³/mol. The first kappa shape index (κ1) is 15.0. The number of benzene rings is 1. The van der Waals surface area contributed by atoms with E-state index in [2.05, 4.69) is 5.10 Å². The van der Waals surface area contributed by atoms with Crippen LogP contribution in [0.2, 0.25) is 0 Å². The third-order valence-corrected chi connectivity index (χ3v) is 3.19. The van der Waals surface area contributed by atoms with Crippen molar-refractivity contribution >= 4 is 5.69 Å². The van der Waals surface area contributed by atoms with Crippen LogP contribution in [0.4, 0.5) is 5.69 Å². The maximum absolute atomic E-state index is 10.7. The van der Waals surface area contributed by atoms with Crippen molar-refractivity contribution in [1.29, 1.82) is 0 Å². The number of hydrogen-bond acceptors (Lipinski definition) is 5. The molecule has 0 aliphatic rings. The fraction of sp³-hybridized carbons (Fsp3) is 0.357. The molecule has 2 rings (SSSR count). The van der Waals surface area contributed by atoms with Crippen LogP contribution in [-0.2, 0) is 26.7 Å². The van der Waals surface area contributed by atoms with Crippen LogP contribution < -0.4 is 4.74 Å². The van der Waals surface area contributed by atoms with Crippen LogP contribution in [0, 0.1) is 10.1 Å². The zero-order valence-electron chi connectivity index (χ0n) is 11.9. The highest BCUT2D eigenvalue weighted by atomic mass is 16.6. The van der Waals surface area contributed by atoms with Gasteiger partial charge in [-0.1, -0.05) is 6.92 Å². The van der Waals surface area contributed by atoms with Crippen molar-refractivity contribution in [3.63, 3.8) is 0 Å². The van der Waals surface area contributed by atoms with Gasteiger partial charge in [-0.15, -0.1) is 0 Å². The number of aromatic nitrogens is 2. The van der Waals surface area contributed by atoms with Gasteiger partial charge in [0.05, 0.1) is 22.9 Å². The number of aliphatic hydroxyl groups excluding tert-OH is 1. The van der Waals surface area contributed by atoms with E-state index in [-0.39, 0.29) is 18.9 Å². The molecule has 7 nitrogen and oxygen atoms in total. The number of nitro benzene ring substituents is 1. The molecule has 0 atom stereocenters. The Morgan fingerprint density at radius 1 is 1.43 bits per heavy atom. The van der Waals surface area contributed by atoms with Crippen molar-refractivity contribution in [3.05, 3.63) is 51.3 Å². The molecule has 0 amide bonds. The number of rotatable bonds is 6. The molecule has 1 N–H and O–H groups in total. The summed E-state index contributed by atoms with van der Waals surface area (Å²) in [6.45, 7) is 1.99. The second-order valence-electron chi connectivity index (χ2n) is 4.60. The van der Waals surface area contributed by atoms with Gasteiger partial charge < -0.3 is 9.84 Å².